The molecule has 2 rings (SSSR count). The topological polar surface area (TPSA) is 33.0 Å². The molecule has 2 aromatic rings. The number of carbonyl (C=O) groups excluding carboxylic acids is 1. The van der Waals surface area contributed by atoms with Crippen LogP contribution in [0.15, 0.2) is 36.5 Å². The molecule has 0 spiro atoms. The molecule has 0 aliphatic rings. The van der Waals surface area contributed by atoms with Crippen LogP contribution in [0.25, 0.3) is 0 Å². The van der Waals surface area contributed by atoms with Gasteiger partial charge in [0.1, 0.15) is 0 Å². The number of hydrogen-bond donors (Lipinski definition) is 1. The summed E-state index contributed by atoms with van der Waals surface area (Å²) in [5.41, 5.74) is 5.50. The third kappa shape index (κ3) is 3.91. The first-order valence-electron chi connectivity index (χ1n) is 7.35. The highest BCUT2D eigenvalue weighted by molar-refractivity contribution is 5.90. The Hall–Kier alpha value is -2.16. The maximum absolute atomic E-state index is 12.2. The van der Waals surface area contributed by atoms with Crippen LogP contribution in [0, 0.1) is 20.8 Å². The average molecular weight is 283 g/mol. The van der Waals surface area contributed by atoms with Crippen LogP contribution in [0.5, 0.6) is 0 Å². The minimum Gasteiger partial charge on any atom is -0.320 e. The largest absolute Gasteiger partial charge is 0.320 e. The van der Waals surface area contributed by atoms with Gasteiger partial charge in [-0.25, -0.2) is 0 Å². The number of aryl methyl sites for hydroxylation is 4. The third-order valence-corrected chi connectivity index (χ3v) is 3.69. The average Bonchev–Trinajstić information content (AvgIpc) is 2.44. The highest BCUT2D eigenvalue weighted by Gasteiger charge is 2.14. The lowest BCUT2D eigenvalue weighted by molar-refractivity contribution is -0.690. The minimum absolute atomic E-state index is 0.00306. The molecule has 3 nitrogen and oxygen atoms in total. The summed E-state index contributed by atoms with van der Waals surface area (Å²) >= 11 is 0. The molecule has 1 heterocycles. The van der Waals surface area contributed by atoms with Gasteiger partial charge >= 0.3 is 0 Å². The standard InChI is InChI=1S/C18H22N2O/c1-5-16-8-7-15(4)20(11-16)12-18(21)19-17-9-6-13(2)10-14(17)3/h6-11H,5,12H2,1-4H3/p+1. The number of benzene rings is 1. The van der Waals surface area contributed by atoms with Gasteiger partial charge in [-0.2, -0.15) is 4.57 Å². The second kappa shape index (κ2) is 6.53. The summed E-state index contributed by atoms with van der Waals surface area (Å²) in [7, 11) is 0. The fourth-order valence-electron chi connectivity index (χ4n) is 2.35. The van der Waals surface area contributed by atoms with Gasteiger partial charge in [-0.15, -0.1) is 0 Å². The van der Waals surface area contributed by atoms with E-state index in [9.17, 15) is 4.79 Å². The van der Waals surface area contributed by atoms with Crippen LogP contribution in [0.3, 0.4) is 0 Å². The zero-order valence-corrected chi connectivity index (χ0v) is 13.2. The van der Waals surface area contributed by atoms with Crippen molar-refractivity contribution >= 4 is 11.6 Å². The highest BCUT2D eigenvalue weighted by Crippen LogP contribution is 2.15. The molecule has 110 valence electrons. The SMILES string of the molecule is CCc1ccc(C)[n+](CC(=O)Nc2ccc(C)cc2C)c1. The Morgan fingerprint density at radius 1 is 1.14 bits per heavy atom. The van der Waals surface area contributed by atoms with Crippen molar-refractivity contribution in [1.29, 1.82) is 0 Å². The van der Waals surface area contributed by atoms with Crippen LogP contribution < -0.4 is 9.88 Å². The lowest BCUT2D eigenvalue weighted by Gasteiger charge is -2.08. The second-order valence-electron chi connectivity index (χ2n) is 5.53. The molecule has 1 N–H and O–H groups in total. The van der Waals surface area contributed by atoms with Gasteiger partial charge in [0.25, 0.3) is 5.91 Å². The number of carbonyl (C=O) groups is 1. The van der Waals surface area contributed by atoms with Crippen LogP contribution in [0.1, 0.15) is 29.3 Å². The van der Waals surface area contributed by atoms with E-state index in [4.69, 9.17) is 0 Å². The molecule has 0 radical (unpaired) electrons. The van der Waals surface area contributed by atoms with Gasteiger partial charge < -0.3 is 5.32 Å². The Morgan fingerprint density at radius 3 is 2.57 bits per heavy atom. The summed E-state index contributed by atoms with van der Waals surface area (Å²) in [6.45, 7) is 8.54. The Bertz CT molecular complexity index is 662. The van der Waals surface area contributed by atoms with E-state index in [1.54, 1.807) is 0 Å². The number of rotatable bonds is 4. The molecule has 0 saturated heterocycles. The molecule has 0 bridgehead atoms. The van der Waals surface area contributed by atoms with Crippen molar-refractivity contribution in [2.75, 3.05) is 5.32 Å². The molecule has 0 aliphatic heterocycles. The van der Waals surface area contributed by atoms with Gasteiger partial charge in [0.2, 0.25) is 6.54 Å². The van der Waals surface area contributed by atoms with E-state index in [1.807, 2.05) is 37.5 Å². The summed E-state index contributed by atoms with van der Waals surface area (Å²) in [5, 5.41) is 2.99. The van der Waals surface area contributed by atoms with Crippen LogP contribution in [0.2, 0.25) is 0 Å². The van der Waals surface area contributed by atoms with E-state index in [-0.39, 0.29) is 5.91 Å². The quantitative estimate of drug-likeness (QED) is 0.859. The van der Waals surface area contributed by atoms with Crippen molar-refractivity contribution < 1.29 is 9.36 Å². The fraction of sp³-hybridized carbons (Fsp3) is 0.333. The number of nitrogens with zero attached hydrogens (tertiary/aromatic N) is 1. The van der Waals surface area contributed by atoms with Crippen LogP contribution in [-0.4, -0.2) is 5.91 Å². The van der Waals surface area contributed by atoms with Crippen molar-refractivity contribution in [2.24, 2.45) is 0 Å². The van der Waals surface area contributed by atoms with E-state index in [0.29, 0.717) is 6.54 Å². The van der Waals surface area contributed by atoms with Gasteiger partial charge in [-0.1, -0.05) is 24.6 Å². The monoisotopic (exact) mass is 283 g/mol. The number of anilines is 1. The molecule has 0 saturated carbocycles. The van der Waals surface area contributed by atoms with Gasteiger partial charge in [0, 0.05) is 24.2 Å². The Morgan fingerprint density at radius 2 is 1.90 bits per heavy atom. The lowest BCUT2D eigenvalue weighted by atomic mass is 10.1. The molecular weight excluding hydrogens is 260 g/mol. The molecule has 1 amide bonds. The van der Waals surface area contributed by atoms with E-state index in [2.05, 4.69) is 36.6 Å². The number of amides is 1. The third-order valence-electron chi connectivity index (χ3n) is 3.69. The molecule has 0 unspecified atom stereocenters. The van der Waals surface area contributed by atoms with Gasteiger partial charge in [-0.05, 0) is 38.0 Å². The molecule has 3 heteroatoms. The van der Waals surface area contributed by atoms with Gasteiger partial charge in [0.15, 0.2) is 11.9 Å². The van der Waals surface area contributed by atoms with Crippen LogP contribution in [-0.2, 0) is 17.8 Å². The molecule has 0 atom stereocenters. The number of nitrogens with one attached hydrogen (secondary N) is 1. The Labute approximate surface area is 126 Å². The molecular formula is C18H23N2O+. The van der Waals surface area contributed by atoms with E-state index in [0.717, 1.165) is 23.4 Å². The molecule has 0 aliphatic carbocycles. The van der Waals surface area contributed by atoms with E-state index < -0.39 is 0 Å². The first-order valence-corrected chi connectivity index (χ1v) is 7.35. The van der Waals surface area contributed by atoms with Crippen molar-refractivity contribution in [3.63, 3.8) is 0 Å². The first kappa shape index (κ1) is 15.2. The van der Waals surface area contributed by atoms with E-state index >= 15 is 0 Å². The van der Waals surface area contributed by atoms with Gasteiger partial charge in [-0.3, -0.25) is 4.79 Å². The van der Waals surface area contributed by atoms with Crippen LogP contribution >= 0.6 is 0 Å². The van der Waals surface area contributed by atoms with Crippen molar-refractivity contribution in [1.82, 2.24) is 0 Å². The number of hydrogen-bond acceptors (Lipinski definition) is 1. The predicted molar refractivity (Wildman–Crippen MR) is 85.3 cm³/mol. The summed E-state index contributed by atoms with van der Waals surface area (Å²) in [6, 6.07) is 10.2. The smallest absolute Gasteiger partial charge is 0.290 e. The van der Waals surface area contributed by atoms with Crippen molar-refractivity contribution in [3.8, 4) is 0 Å². The molecule has 0 fully saturated rings. The Balaban J connectivity index is 2.11. The summed E-state index contributed by atoms with van der Waals surface area (Å²) in [5.74, 6) is 0.00306. The lowest BCUT2D eigenvalue weighted by Crippen LogP contribution is -2.43. The van der Waals surface area contributed by atoms with E-state index in [1.165, 1.54) is 11.1 Å². The Kier molecular flexibility index (Phi) is 4.73. The fourth-order valence-corrected chi connectivity index (χ4v) is 2.35. The molecule has 1 aromatic carbocycles. The summed E-state index contributed by atoms with van der Waals surface area (Å²) in [4.78, 5) is 12.2. The molecule has 21 heavy (non-hydrogen) atoms. The number of pyridine rings is 1. The van der Waals surface area contributed by atoms with Gasteiger partial charge in [0.05, 0.1) is 0 Å². The maximum Gasteiger partial charge on any atom is 0.290 e. The zero-order valence-electron chi connectivity index (χ0n) is 13.2. The van der Waals surface area contributed by atoms with Crippen molar-refractivity contribution in [2.45, 2.75) is 40.7 Å². The molecule has 1 aromatic heterocycles. The summed E-state index contributed by atoms with van der Waals surface area (Å²) < 4.78 is 2.00. The zero-order chi connectivity index (χ0) is 15.4. The predicted octanol–water partition coefficient (Wildman–Crippen LogP) is 3.10. The van der Waals surface area contributed by atoms with Crippen LogP contribution in [0.4, 0.5) is 5.69 Å². The first-order chi connectivity index (χ1) is 9.99. The van der Waals surface area contributed by atoms with Crippen molar-refractivity contribution in [3.05, 3.63) is 58.9 Å². The second-order valence-corrected chi connectivity index (χ2v) is 5.53. The highest BCUT2D eigenvalue weighted by atomic mass is 16.1. The number of aromatic nitrogens is 1. The minimum atomic E-state index is 0.00306. The maximum atomic E-state index is 12.2. The normalized spacial score (nSPS) is 10.5. The summed E-state index contributed by atoms with van der Waals surface area (Å²) in [6.07, 6.45) is 3.02.